The van der Waals surface area contributed by atoms with Gasteiger partial charge in [0.25, 0.3) is 0 Å². The molecule has 0 unspecified atom stereocenters. The van der Waals surface area contributed by atoms with Crippen LogP contribution >= 0.6 is 0 Å². The second-order valence-electron chi connectivity index (χ2n) is 10.6. The minimum atomic E-state index is -1.26. The molecule has 13 nitrogen and oxygen atoms in total. The third-order valence-corrected chi connectivity index (χ3v) is 6.85. The summed E-state index contributed by atoms with van der Waals surface area (Å²) in [6, 6.07) is 26.6. The molecule has 2 atom stereocenters. The third kappa shape index (κ3) is 17.3. The standard InChI is InChI=1S/C28H34N2O3.2C4H4O4/c1-2-30-18-25(26(31)19-30)29-16-15-22-13-14-27(32-20-23-9-5-3-6-10-23)28(17-22)33-21-24-11-7-4-8-12-24;2*5-3(6)1-2-4(7)8/h3-14,17,25-26,29,31H,2,15-16,18-21H2,1H3;2*1-2H,(H,5,6)(H,7,8)/t25-,26-;;/m1../s1. The van der Waals surface area contributed by atoms with Crippen LogP contribution in [-0.4, -0.2) is 92.6 Å². The number of ether oxygens (including phenoxy) is 2. The predicted octanol–water partition coefficient (Wildman–Crippen LogP) is 3.47. The maximum Gasteiger partial charge on any atom is 0.328 e. The zero-order valence-corrected chi connectivity index (χ0v) is 27.1. The second-order valence-corrected chi connectivity index (χ2v) is 10.6. The molecule has 1 heterocycles. The van der Waals surface area contributed by atoms with E-state index >= 15 is 0 Å². The van der Waals surface area contributed by atoms with E-state index in [1.165, 1.54) is 5.56 Å². The van der Waals surface area contributed by atoms with Crippen LogP contribution in [0.3, 0.4) is 0 Å². The van der Waals surface area contributed by atoms with Crippen LogP contribution in [0.25, 0.3) is 0 Å². The molecule has 0 aromatic heterocycles. The fraction of sp³-hybridized carbons (Fsp3) is 0.278. The lowest BCUT2D eigenvalue weighted by molar-refractivity contribution is -0.134. The number of likely N-dealkylation sites (tertiary alicyclic amines) is 1. The number of β-amino-alcohol motifs (C(OH)–C–C–N with tert-alkyl or cyclic N) is 1. The summed E-state index contributed by atoms with van der Waals surface area (Å²) < 4.78 is 12.3. The van der Waals surface area contributed by atoms with Crippen LogP contribution in [0.2, 0.25) is 0 Å². The second kappa shape index (κ2) is 22.1. The van der Waals surface area contributed by atoms with Gasteiger partial charge in [-0.05, 0) is 48.3 Å². The smallest absolute Gasteiger partial charge is 0.328 e. The fourth-order valence-corrected chi connectivity index (χ4v) is 4.42. The van der Waals surface area contributed by atoms with E-state index in [9.17, 15) is 24.3 Å². The molecule has 3 aromatic rings. The summed E-state index contributed by atoms with van der Waals surface area (Å²) in [4.78, 5) is 40.5. The molecular formula is C36H42N2O11. The Morgan fingerprint density at radius 2 is 1.16 bits per heavy atom. The Morgan fingerprint density at radius 3 is 1.59 bits per heavy atom. The molecule has 49 heavy (non-hydrogen) atoms. The number of carboxylic acids is 4. The van der Waals surface area contributed by atoms with E-state index in [1.54, 1.807) is 0 Å². The van der Waals surface area contributed by atoms with Gasteiger partial charge in [0.1, 0.15) is 13.2 Å². The van der Waals surface area contributed by atoms with Gasteiger partial charge in [0.2, 0.25) is 0 Å². The van der Waals surface area contributed by atoms with Crippen molar-refractivity contribution in [3.8, 4) is 11.5 Å². The summed E-state index contributed by atoms with van der Waals surface area (Å²) in [5, 5.41) is 45.0. The van der Waals surface area contributed by atoms with Crippen molar-refractivity contribution in [2.45, 2.75) is 38.7 Å². The van der Waals surface area contributed by atoms with Crippen molar-refractivity contribution in [1.82, 2.24) is 10.2 Å². The number of rotatable bonds is 15. The monoisotopic (exact) mass is 678 g/mol. The highest BCUT2D eigenvalue weighted by Crippen LogP contribution is 2.30. The van der Waals surface area contributed by atoms with E-state index in [0.29, 0.717) is 37.5 Å². The van der Waals surface area contributed by atoms with Crippen molar-refractivity contribution in [3.05, 3.63) is 120 Å². The van der Waals surface area contributed by atoms with Crippen molar-refractivity contribution in [2.75, 3.05) is 26.2 Å². The number of benzene rings is 3. The molecule has 1 saturated heterocycles. The first-order chi connectivity index (χ1) is 23.5. The number of aliphatic hydroxyl groups excluding tert-OH is 1. The van der Waals surface area contributed by atoms with Crippen LogP contribution in [0.4, 0.5) is 0 Å². The number of hydrogen-bond donors (Lipinski definition) is 6. The van der Waals surface area contributed by atoms with Crippen LogP contribution in [-0.2, 0) is 38.8 Å². The van der Waals surface area contributed by atoms with Crippen LogP contribution in [0, 0.1) is 0 Å². The Hall–Kier alpha value is -5.50. The summed E-state index contributed by atoms with van der Waals surface area (Å²) in [5.41, 5.74) is 3.42. The van der Waals surface area contributed by atoms with Crippen molar-refractivity contribution in [2.24, 2.45) is 0 Å². The van der Waals surface area contributed by atoms with E-state index in [4.69, 9.17) is 29.9 Å². The van der Waals surface area contributed by atoms with Gasteiger partial charge in [-0.15, -0.1) is 0 Å². The first-order valence-corrected chi connectivity index (χ1v) is 15.3. The molecule has 13 heteroatoms. The molecular weight excluding hydrogens is 636 g/mol. The molecule has 0 radical (unpaired) electrons. The van der Waals surface area contributed by atoms with Crippen molar-refractivity contribution in [1.29, 1.82) is 0 Å². The average molecular weight is 679 g/mol. The van der Waals surface area contributed by atoms with Gasteiger partial charge in [-0.25, -0.2) is 19.2 Å². The van der Waals surface area contributed by atoms with Gasteiger partial charge >= 0.3 is 23.9 Å². The topological polar surface area (TPSA) is 203 Å². The summed E-state index contributed by atoms with van der Waals surface area (Å²) in [6.45, 7) is 6.55. The Balaban J connectivity index is 0.000000432. The van der Waals surface area contributed by atoms with Gasteiger partial charge in [-0.3, -0.25) is 4.90 Å². The number of aliphatic carboxylic acids is 4. The van der Waals surface area contributed by atoms with Crippen molar-refractivity contribution < 1.29 is 54.2 Å². The first kappa shape index (κ1) is 39.7. The zero-order chi connectivity index (χ0) is 36.0. The lowest BCUT2D eigenvalue weighted by Crippen LogP contribution is -2.40. The summed E-state index contributed by atoms with van der Waals surface area (Å²) >= 11 is 0. The van der Waals surface area contributed by atoms with Gasteiger partial charge < -0.3 is 40.3 Å². The molecule has 0 bridgehead atoms. The van der Waals surface area contributed by atoms with E-state index in [-0.39, 0.29) is 12.1 Å². The van der Waals surface area contributed by atoms with Crippen molar-refractivity contribution >= 4 is 23.9 Å². The molecule has 0 saturated carbocycles. The first-order valence-electron chi connectivity index (χ1n) is 15.3. The minimum absolute atomic E-state index is 0.132. The normalized spacial score (nSPS) is 15.5. The Morgan fingerprint density at radius 1 is 0.694 bits per heavy atom. The van der Waals surface area contributed by atoms with Gasteiger partial charge in [-0.1, -0.05) is 73.7 Å². The number of nitrogens with zero attached hydrogens (tertiary/aromatic N) is 1. The van der Waals surface area contributed by atoms with Crippen molar-refractivity contribution in [3.63, 3.8) is 0 Å². The maximum absolute atomic E-state index is 10.3. The molecule has 1 aliphatic rings. The Labute approximate surface area is 284 Å². The molecule has 262 valence electrons. The maximum atomic E-state index is 10.3. The molecule has 6 N–H and O–H groups in total. The highest BCUT2D eigenvalue weighted by molar-refractivity contribution is 5.90. The fourth-order valence-electron chi connectivity index (χ4n) is 4.42. The number of hydrogen-bond acceptors (Lipinski definition) is 9. The van der Waals surface area contributed by atoms with Crippen LogP contribution < -0.4 is 14.8 Å². The van der Waals surface area contributed by atoms with Gasteiger partial charge in [0.15, 0.2) is 11.5 Å². The molecule has 0 aliphatic carbocycles. The lowest BCUT2D eigenvalue weighted by atomic mass is 10.1. The summed E-state index contributed by atoms with van der Waals surface area (Å²) in [6.07, 6.45) is 2.79. The average Bonchev–Trinajstić information content (AvgIpc) is 3.45. The zero-order valence-electron chi connectivity index (χ0n) is 27.1. The molecule has 1 fully saturated rings. The molecule has 3 aromatic carbocycles. The SMILES string of the molecule is CCN1C[C@@H](O)[C@H](NCCc2ccc(OCc3ccccc3)c(OCc3ccccc3)c2)C1.O=C(O)C=CC(=O)O.O=C(O)C=CC(=O)O. The van der Waals surface area contributed by atoms with Gasteiger partial charge in [-0.2, -0.15) is 0 Å². The number of carbonyl (C=O) groups is 4. The van der Waals surface area contributed by atoms with E-state index in [2.05, 4.69) is 53.5 Å². The summed E-state index contributed by atoms with van der Waals surface area (Å²) in [5.74, 6) is -3.53. The van der Waals surface area contributed by atoms with Crippen LogP contribution in [0.5, 0.6) is 11.5 Å². The number of likely N-dealkylation sites (N-methyl/N-ethyl adjacent to an activating group) is 1. The van der Waals surface area contributed by atoms with Crippen LogP contribution in [0.1, 0.15) is 23.6 Å². The highest BCUT2D eigenvalue weighted by atomic mass is 16.5. The largest absolute Gasteiger partial charge is 0.485 e. The van der Waals surface area contributed by atoms with E-state index in [0.717, 1.165) is 55.2 Å². The number of carboxylic acid groups (broad SMARTS) is 4. The molecule has 0 amide bonds. The van der Waals surface area contributed by atoms with Gasteiger partial charge in [0.05, 0.1) is 6.10 Å². The minimum Gasteiger partial charge on any atom is -0.485 e. The van der Waals surface area contributed by atoms with E-state index < -0.39 is 23.9 Å². The highest BCUT2D eigenvalue weighted by Gasteiger charge is 2.29. The van der Waals surface area contributed by atoms with Crippen LogP contribution in [0.15, 0.2) is 103 Å². The lowest BCUT2D eigenvalue weighted by Gasteiger charge is -2.17. The Kier molecular flexibility index (Phi) is 17.9. The molecule has 4 rings (SSSR count). The third-order valence-electron chi connectivity index (χ3n) is 6.85. The Bertz CT molecular complexity index is 1460. The summed E-state index contributed by atoms with van der Waals surface area (Å²) in [7, 11) is 0. The van der Waals surface area contributed by atoms with Gasteiger partial charge in [0, 0.05) is 43.4 Å². The van der Waals surface area contributed by atoms with E-state index in [1.807, 2.05) is 42.5 Å². The molecule has 0 spiro atoms. The predicted molar refractivity (Wildman–Crippen MR) is 180 cm³/mol. The number of nitrogens with one attached hydrogen (secondary N) is 1. The number of aliphatic hydroxyl groups is 1. The quantitative estimate of drug-likeness (QED) is 0.128. The molecule has 1 aliphatic heterocycles.